The van der Waals surface area contributed by atoms with Crippen molar-refractivity contribution in [3.05, 3.63) is 0 Å². The third kappa shape index (κ3) is 22.4. The maximum Gasteiger partial charge on any atom is 0.119 e. The summed E-state index contributed by atoms with van der Waals surface area (Å²) in [5.74, 6) is -1.06. The second-order valence-electron chi connectivity index (χ2n) is 10.9. The first-order valence-electron chi connectivity index (χ1n) is 13.4. The van der Waals surface area contributed by atoms with Gasteiger partial charge in [0.15, 0.2) is 0 Å². The number of carboxylic acid groups (broad SMARTS) is 1. The first kappa shape index (κ1) is 30.4. The zero-order valence-electron chi connectivity index (χ0n) is 21.6. The molecule has 1 atom stereocenters. The molecule has 0 aliphatic heterocycles. The molecule has 0 rings (SSSR count). The number of quaternary nitrogens is 1. The monoisotopic (exact) mass is 441 g/mol. The van der Waals surface area contributed by atoms with E-state index in [1.165, 1.54) is 103 Å². The van der Waals surface area contributed by atoms with Crippen LogP contribution >= 0.6 is 0 Å². The zero-order valence-corrected chi connectivity index (χ0v) is 21.6. The Bertz CT molecular complexity index is 421. The molecule has 4 heteroatoms. The highest BCUT2D eigenvalue weighted by Crippen LogP contribution is 2.20. The summed E-state index contributed by atoms with van der Waals surface area (Å²) in [7, 11) is 3.67. The van der Waals surface area contributed by atoms with Crippen molar-refractivity contribution in [1.82, 2.24) is 0 Å². The smallest absolute Gasteiger partial charge is 0.119 e. The van der Waals surface area contributed by atoms with E-state index in [-0.39, 0.29) is 11.0 Å². The summed E-state index contributed by atoms with van der Waals surface area (Å²) in [5, 5.41) is 21.4. The van der Waals surface area contributed by atoms with Crippen molar-refractivity contribution in [3.63, 3.8) is 0 Å². The van der Waals surface area contributed by atoms with Gasteiger partial charge in [0.05, 0.1) is 20.1 Å². The Kier molecular flexibility index (Phi) is 18.5. The number of rotatable bonds is 23. The quantitative estimate of drug-likeness (QED) is 0.156. The Morgan fingerprint density at radius 3 is 1.35 bits per heavy atom. The lowest BCUT2D eigenvalue weighted by Gasteiger charge is -2.36. The predicted molar refractivity (Wildman–Crippen MR) is 131 cm³/mol. The fraction of sp³-hybridized carbons (Fsp3) is 0.963. The van der Waals surface area contributed by atoms with Crippen molar-refractivity contribution in [2.24, 2.45) is 0 Å². The lowest BCUT2D eigenvalue weighted by molar-refractivity contribution is -0.891. The van der Waals surface area contributed by atoms with Crippen molar-refractivity contribution in [2.45, 2.75) is 141 Å². The van der Waals surface area contributed by atoms with Crippen LogP contribution in [-0.4, -0.2) is 48.3 Å². The van der Waals surface area contributed by atoms with E-state index in [2.05, 4.69) is 6.92 Å². The van der Waals surface area contributed by atoms with Crippen molar-refractivity contribution in [3.8, 4) is 0 Å². The van der Waals surface area contributed by atoms with Gasteiger partial charge in [-0.05, 0) is 13.3 Å². The zero-order chi connectivity index (χ0) is 23.4. The first-order valence-corrected chi connectivity index (χ1v) is 13.4. The van der Waals surface area contributed by atoms with Gasteiger partial charge < -0.3 is 19.5 Å². The summed E-state index contributed by atoms with van der Waals surface area (Å²) >= 11 is 0. The fourth-order valence-electron chi connectivity index (χ4n) is 4.81. The van der Waals surface area contributed by atoms with Gasteiger partial charge in [0.1, 0.15) is 18.7 Å². The number of carbonyl (C=O) groups excluding carboxylic acids is 1. The lowest BCUT2D eigenvalue weighted by atomic mass is 9.96. The summed E-state index contributed by atoms with van der Waals surface area (Å²) in [5.41, 5.74) is -0.812. The van der Waals surface area contributed by atoms with E-state index in [0.29, 0.717) is 6.54 Å². The number of carbonyl (C=O) groups is 1. The predicted octanol–water partition coefficient (Wildman–Crippen LogP) is 6.00. The summed E-state index contributed by atoms with van der Waals surface area (Å²) in [6.45, 7) is 4.49. The number of aliphatic hydroxyl groups is 1. The molecule has 0 aromatic carbocycles. The van der Waals surface area contributed by atoms with E-state index in [0.717, 1.165) is 19.3 Å². The highest BCUT2D eigenvalue weighted by Gasteiger charge is 2.30. The van der Waals surface area contributed by atoms with E-state index >= 15 is 0 Å². The third-order valence-corrected chi connectivity index (χ3v) is 6.39. The number of nitrogens with zero attached hydrogens (tertiary/aromatic N) is 1. The second kappa shape index (κ2) is 18.9. The van der Waals surface area contributed by atoms with Crippen LogP contribution in [0.5, 0.6) is 0 Å². The van der Waals surface area contributed by atoms with Gasteiger partial charge in [-0.15, -0.1) is 0 Å². The number of aliphatic carboxylic acids is 1. The van der Waals surface area contributed by atoms with E-state index < -0.39 is 11.6 Å². The van der Waals surface area contributed by atoms with E-state index in [1.54, 1.807) is 0 Å². The van der Waals surface area contributed by atoms with E-state index in [9.17, 15) is 15.0 Å². The topological polar surface area (TPSA) is 60.4 Å². The summed E-state index contributed by atoms with van der Waals surface area (Å²) in [6.07, 6.45) is 25.1. The Morgan fingerprint density at radius 1 is 0.710 bits per heavy atom. The summed E-state index contributed by atoms with van der Waals surface area (Å²) < 4.78 is 0.258. The fourth-order valence-corrected chi connectivity index (χ4v) is 4.81. The number of hydrogen-bond acceptors (Lipinski definition) is 3. The summed E-state index contributed by atoms with van der Waals surface area (Å²) in [6, 6.07) is 0. The van der Waals surface area contributed by atoms with Crippen molar-refractivity contribution in [1.29, 1.82) is 0 Å². The first-order chi connectivity index (χ1) is 14.7. The van der Waals surface area contributed by atoms with Gasteiger partial charge >= 0.3 is 0 Å². The van der Waals surface area contributed by atoms with Gasteiger partial charge in [0.25, 0.3) is 0 Å². The molecule has 4 nitrogen and oxygen atoms in total. The second-order valence-corrected chi connectivity index (χ2v) is 10.9. The van der Waals surface area contributed by atoms with Crippen LogP contribution in [0, 0.1) is 0 Å². The van der Waals surface area contributed by atoms with Crippen LogP contribution in [0.1, 0.15) is 136 Å². The Balaban J connectivity index is 3.40. The molecule has 0 aromatic heterocycles. The van der Waals surface area contributed by atoms with Crippen LogP contribution in [0.2, 0.25) is 0 Å². The van der Waals surface area contributed by atoms with Gasteiger partial charge in [0.2, 0.25) is 0 Å². The molecule has 0 aromatic rings. The Labute approximate surface area is 194 Å². The third-order valence-electron chi connectivity index (χ3n) is 6.39. The molecular formula is C27H55NO3. The van der Waals surface area contributed by atoms with Crippen molar-refractivity contribution in [2.75, 3.05) is 27.2 Å². The molecule has 1 unspecified atom stereocenters. The van der Waals surface area contributed by atoms with Gasteiger partial charge in [-0.25, -0.2) is 0 Å². The van der Waals surface area contributed by atoms with Crippen molar-refractivity contribution >= 4 is 5.97 Å². The standard InChI is InChI=1S/C27H55NO3/c1-5-6-7-8-9-10-11-12-13-14-15-16-17-18-19-20-21-22-23-27(2,31)25-28(3,4)24-26(29)30/h31H,5-25H2,1-4H3. The Hall–Kier alpha value is -0.610. The van der Waals surface area contributed by atoms with Crippen LogP contribution < -0.4 is 5.11 Å². The van der Waals surface area contributed by atoms with Gasteiger partial charge in [-0.3, -0.25) is 0 Å². The van der Waals surface area contributed by atoms with Gasteiger partial charge in [0, 0.05) is 0 Å². The molecule has 31 heavy (non-hydrogen) atoms. The molecule has 0 bridgehead atoms. The van der Waals surface area contributed by atoms with Crippen LogP contribution in [-0.2, 0) is 4.79 Å². The highest BCUT2D eigenvalue weighted by molar-refractivity contribution is 5.65. The van der Waals surface area contributed by atoms with Crippen molar-refractivity contribution < 1.29 is 19.5 Å². The molecule has 0 aliphatic carbocycles. The SMILES string of the molecule is CCCCCCCCCCCCCCCCCCCCC(C)(O)C[N+](C)(C)CC(=O)[O-]. The number of unbranched alkanes of at least 4 members (excludes halogenated alkanes) is 17. The Morgan fingerprint density at radius 2 is 1.03 bits per heavy atom. The molecule has 0 amide bonds. The van der Waals surface area contributed by atoms with E-state index in [1.807, 2.05) is 21.0 Å². The van der Waals surface area contributed by atoms with Crippen LogP contribution in [0.25, 0.3) is 0 Å². The average molecular weight is 442 g/mol. The molecule has 0 fully saturated rings. The van der Waals surface area contributed by atoms with Gasteiger partial charge in [-0.2, -0.15) is 0 Å². The highest BCUT2D eigenvalue weighted by atomic mass is 16.4. The normalized spacial score (nSPS) is 14.0. The number of likely N-dealkylation sites (N-methyl/N-ethyl adjacent to an activating group) is 1. The number of carboxylic acids is 1. The molecule has 0 saturated heterocycles. The minimum Gasteiger partial charge on any atom is -0.544 e. The van der Waals surface area contributed by atoms with Crippen LogP contribution in [0.15, 0.2) is 0 Å². The molecule has 186 valence electrons. The van der Waals surface area contributed by atoms with Crippen LogP contribution in [0.3, 0.4) is 0 Å². The van der Waals surface area contributed by atoms with E-state index in [4.69, 9.17) is 0 Å². The maximum atomic E-state index is 10.8. The molecule has 0 aliphatic rings. The van der Waals surface area contributed by atoms with Gasteiger partial charge in [-0.1, -0.05) is 122 Å². The van der Waals surface area contributed by atoms with Crippen LogP contribution in [0.4, 0.5) is 0 Å². The molecule has 0 heterocycles. The minimum absolute atomic E-state index is 0.0602. The molecular weight excluding hydrogens is 386 g/mol. The minimum atomic E-state index is -1.06. The lowest BCUT2D eigenvalue weighted by Crippen LogP contribution is -2.55. The molecule has 0 radical (unpaired) electrons. The average Bonchev–Trinajstić information content (AvgIpc) is 2.65. The number of hydrogen-bond donors (Lipinski definition) is 1. The molecule has 0 spiro atoms. The summed E-state index contributed by atoms with van der Waals surface area (Å²) in [4.78, 5) is 10.8. The largest absolute Gasteiger partial charge is 0.544 e. The maximum absolute atomic E-state index is 10.8. The molecule has 0 saturated carbocycles. The molecule has 1 N–H and O–H groups in total.